The van der Waals surface area contributed by atoms with E-state index < -0.39 is 5.91 Å². The zero-order valence-electron chi connectivity index (χ0n) is 5.29. The zero-order valence-corrected chi connectivity index (χ0v) is 7.01. The standard InChI is InChI=1S/C4H9N3O2.BrH/c5-1-4(9)7-2-3(6)8;/h1-2,5H2,(H2,6,8)(H,7,9);1H. The third kappa shape index (κ3) is 7.38. The summed E-state index contributed by atoms with van der Waals surface area (Å²) in [6.07, 6.45) is 0. The number of halogens is 1. The van der Waals surface area contributed by atoms with Crippen LogP contribution < -0.4 is 16.8 Å². The molecule has 0 spiro atoms. The molecule has 0 aliphatic rings. The molecule has 0 aliphatic heterocycles. The number of amides is 2. The minimum Gasteiger partial charge on any atom is -0.368 e. The lowest BCUT2D eigenvalue weighted by atomic mass is 10.5. The van der Waals surface area contributed by atoms with Gasteiger partial charge in [0, 0.05) is 0 Å². The maximum Gasteiger partial charge on any atom is 0.236 e. The predicted octanol–water partition coefficient (Wildman–Crippen LogP) is -1.88. The van der Waals surface area contributed by atoms with E-state index in [1.54, 1.807) is 0 Å². The van der Waals surface area contributed by atoms with Gasteiger partial charge in [0.1, 0.15) is 0 Å². The van der Waals surface area contributed by atoms with Crippen molar-refractivity contribution >= 4 is 28.8 Å². The summed E-state index contributed by atoms with van der Waals surface area (Å²) >= 11 is 0. The summed E-state index contributed by atoms with van der Waals surface area (Å²) in [6, 6.07) is 0. The molecule has 0 saturated carbocycles. The Morgan fingerprint density at radius 2 is 1.90 bits per heavy atom. The molecule has 0 heterocycles. The van der Waals surface area contributed by atoms with E-state index in [0.717, 1.165) is 0 Å². The van der Waals surface area contributed by atoms with Gasteiger partial charge in [-0.05, 0) is 0 Å². The van der Waals surface area contributed by atoms with Crippen LogP contribution in [0.25, 0.3) is 0 Å². The second-order valence-corrected chi connectivity index (χ2v) is 1.45. The van der Waals surface area contributed by atoms with Gasteiger partial charge in [-0.1, -0.05) is 0 Å². The lowest BCUT2D eigenvalue weighted by Gasteiger charge is -1.96. The Labute approximate surface area is 68.9 Å². The summed E-state index contributed by atoms with van der Waals surface area (Å²) < 4.78 is 0. The number of rotatable bonds is 3. The van der Waals surface area contributed by atoms with Gasteiger partial charge in [0.2, 0.25) is 11.8 Å². The maximum atomic E-state index is 10.3. The minimum absolute atomic E-state index is 0. The number of primary amides is 1. The van der Waals surface area contributed by atoms with Crippen LogP contribution in [0.15, 0.2) is 0 Å². The highest BCUT2D eigenvalue weighted by molar-refractivity contribution is 8.93. The molecule has 0 unspecified atom stereocenters. The summed E-state index contributed by atoms with van der Waals surface area (Å²) in [5.74, 6) is -0.953. The highest BCUT2D eigenvalue weighted by atomic mass is 79.9. The molecule has 0 aromatic heterocycles. The lowest BCUT2D eigenvalue weighted by Crippen LogP contribution is -2.36. The van der Waals surface area contributed by atoms with Gasteiger partial charge >= 0.3 is 0 Å². The third-order valence-electron chi connectivity index (χ3n) is 0.645. The quantitative estimate of drug-likeness (QED) is 0.510. The maximum absolute atomic E-state index is 10.3. The smallest absolute Gasteiger partial charge is 0.236 e. The first-order valence-corrected chi connectivity index (χ1v) is 2.42. The molecule has 0 fully saturated rings. The summed E-state index contributed by atoms with van der Waals surface area (Å²) in [5.41, 5.74) is 9.60. The Balaban J connectivity index is 0. The van der Waals surface area contributed by atoms with Crippen molar-refractivity contribution in [2.45, 2.75) is 0 Å². The molecule has 5 nitrogen and oxygen atoms in total. The Morgan fingerprint density at radius 3 is 2.20 bits per heavy atom. The first-order chi connectivity index (χ1) is 4.16. The molecule has 6 heteroatoms. The summed E-state index contributed by atoms with van der Waals surface area (Å²) in [6.45, 7) is -0.261. The molecule has 2 amide bonds. The van der Waals surface area contributed by atoms with Crippen LogP contribution >= 0.6 is 17.0 Å². The lowest BCUT2D eigenvalue weighted by molar-refractivity contribution is -0.123. The fourth-order valence-electron chi connectivity index (χ4n) is 0.258. The van der Waals surface area contributed by atoms with Crippen LogP contribution in [-0.4, -0.2) is 24.9 Å². The zero-order chi connectivity index (χ0) is 7.28. The molecule has 60 valence electrons. The van der Waals surface area contributed by atoms with Gasteiger partial charge in [-0.3, -0.25) is 9.59 Å². The van der Waals surface area contributed by atoms with Crippen LogP contribution in [0, 0.1) is 0 Å². The van der Waals surface area contributed by atoms with Gasteiger partial charge in [0.15, 0.2) is 0 Å². The highest BCUT2D eigenvalue weighted by Crippen LogP contribution is 1.57. The van der Waals surface area contributed by atoms with Crippen LogP contribution in [0.4, 0.5) is 0 Å². The minimum atomic E-state index is -0.572. The predicted molar refractivity (Wildman–Crippen MR) is 41.6 cm³/mol. The summed E-state index contributed by atoms with van der Waals surface area (Å²) in [5, 5.41) is 2.19. The van der Waals surface area contributed by atoms with Gasteiger partial charge in [-0.2, -0.15) is 0 Å². The monoisotopic (exact) mass is 211 g/mol. The molecule has 0 aromatic carbocycles. The largest absolute Gasteiger partial charge is 0.368 e. The Morgan fingerprint density at radius 1 is 1.40 bits per heavy atom. The highest BCUT2D eigenvalue weighted by Gasteiger charge is 1.96. The molecule has 0 bridgehead atoms. The normalized spacial score (nSPS) is 7.70. The SMILES string of the molecule is Br.NCC(=O)NCC(N)=O. The van der Waals surface area contributed by atoms with Crippen LogP contribution in [0.5, 0.6) is 0 Å². The van der Waals surface area contributed by atoms with Crippen molar-refractivity contribution in [3.8, 4) is 0 Å². The van der Waals surface area contributed by atoms with E-state index in [9.17, 15) is 9.59 Å². The number of hydrogen-bond acceptors (Lipinski definition) is 3. The molecule has 10 heavy (non-hydrogen) atoms. The molecule has 0 radical (unpaired) electrons. The topological polar surface area (TPSA) is 98.2 Å². The van der Waals surface area contributed by atoms with E-state index in [2.05, 4.69) is 5.32 Å². The number of nitrogens with two attached hydrogens (primary N) is 2. The van der Waals surface area contributed by atoms with E-state index in [1.807, 2.05) is 0 Å². The van der Waals surface area contributed by atoms with Crippen molar-refractivity contribution in [3.63, 3.8) is 0 Å². The number of hydrogen-bond donors (Lipinski definition) is 3. The van der Waals surface area contributed by atoms with E-state index in [4.69, 9.17) is 11.5 Å². The first-order valence-electron chi connectivity index (χ1n) is 2.42. The fourth-order valence-corrected chi connectivity index (χ4v) is 0.258. The van der Waals surface area contributed by atoms with Crippen molar-refractivity contribution in [3.05, 3.63) is 0 Å². The van der Waals surface area contributed by atoms with Gasteiger partial charge in [0.25, 0.3) is 0 Å². The first kappa shape index (κ1) is 12.1. The Kier molecular flexibility index (Phi) is 7.86. The molecule has 0 atom stereocenters. The van der Waals surface area contributed by atoms with Gasteiger partial charge in [-0.15, -0.1) is 17.0 Å². The number of carbonyl (C=O) groups excluding carboxylic acids is 2. The van der Waals surface area contributed by atoms with Crippen LogP contribution in [-0.2, 0) is 9.59 Å². The molecule has 5 N–H and O–H groups in total. The average molecular weight is 212 g/mol. The van der Waals surface area contributed by atoms with Gasteiger partial charge < -0.3 is 16.8 Å². The van der Waals surface area contributed by atoms with Crippen molar-refractivity contribution in [2.75, 3.05) is 13.1 Å². The van der Waals surface area contributed by atoms with E-state index in [0.29, 0.717) is 0 Å². The number of carbonyl (C=O) groups is 2. The van der Waals surface area contributed by atoms with Crippen molar-refractivity contribution in [2.24, 2.45) is 11.5 Å². The van der Waals surface area contributed by atoms with Crippen molar-refractivity contribution < 1.29 is 9.59 Å². The molecule has 0 aliphatic carbocycles. The number of nitrogens with one attached hydrogen (secondary N) is 1. The second kappa shape index (κ2) is 6.50. The van der Waals surface area contributed by atoms with Gasteiger partial charge in [0.05, 0.1) is 13.1 Å². The van der Waals surface area contributed by atoms with Crippen molar-refractivity contribution in [1.29, 1.82) is 0 Å². The summed E-state index contributed by atoms with van der Waals surface area (Å²) in [4.78, 5) is 20.3. The third-order valence-corrected chi connectivity index (χ3v) is 0.645. The molecular weight excluding hydrogens is 202 g/mol. The molecule has 0 saturated heterocycles. The van der Waals surface area contributed by atoms with E-state index >= 15 is 0 Å². The fraction of sp³-hybridized carbons (Fsp3) is 0.500. The van der Waals surface area contributed by atoms with Crippen LogP contribution in [0.2, 0.25) is 0 Å². The molecule has 0 rings (SSSR count). The van der Waals surface area contributed by atoms with E-state index in [-0.39, 0.29) is 36.0 Å². The summed E-state index contributed by atoms with van der Waals surface area (Å²) in [7, 11) is 0. The Hall–Kier alpha value is -0.620. The molecule has 0 aromatic rings. The van der Waals surface area contributed by atoms with Gasteiger partial charge in [-0.25, -0.2) is 0 Å². The second-order valence-electron chi connectivity index (χ2n) is 1.45. The Bertz CT molecular complexity index is 128. The average Bonchev–Trinajstić information content (AvgIpc) is 1.83. The van der Waals surface area contributed by atoms with Crippen LogP contribution in [0.3, 0.4) is 0 Å². The molecular formula is C4H10BrN3O2. The van der Waals surface area contributed by atoms with Crippen molar-refractivity contribution in [1.82, 2.24) is 5.32 Å². The van der Waals surface area contributed by atoms with Crippen LogP contribution in [0.1, 0.15) is 0 Å². The van der Waals surface area contributed by atoms with E-state index in [1.165, 1.54) is 0 Å².